The van der Waals surface area contributed by atoms with Crippen molar-refractivity contribution in [3.8, 4) is 0 Å². The Kier molecular flexibility index (Phi) is 2.37. The first-order valence-electron chi connectivity index (χ1n) is 7.05. The molecule has 0 aliphatic heterocycles. The van der Waals surface area contributed by atoms with Gasteiger partial charge in [-0.25, -0.2) is 4.98 Å². The molecule has 2 heterocycles. The third-order valence-corrected chi connectivity index (χ3v) is 4.07. The second-order valence-corrected chi connectivity index (χ2v) is 5.69. The van der Waals surface area contributed by atoms with Gasteiger partial charge in [0.2, 0.25) is 0 Å². The highest BCUT2D eigenvalue weighted by Crippen LogP contribution is 2.38. The monoisotopic (exact) mass is 255 g/mol. The molecule has 2 saturated carbocycles. The average Bonchev–Trinajstić information content (AvgIpc) is 3.32. The van der Waals surface area contributed by atoms with Crippen LogP contribution in [-0.4, -0.2) is 28.3 Å². The summed E-state index contributed by atoms with van der Waals surface area (Å²) in [5, 5.41) is 0. The van der Waals surface area contributed by atoms with Crippen LogP contribution in [0.2, 0.25) is 0 Å². The molecule has 0 saturated heterocycles. The highest BCUT2D eigenvalue weighted by Gasteiger charge is 2.36. The van der Waals surface area contributed by atoms with Gasteiger partial charge < -0.3 is 4.90 Å². The van der Waals surface area contributed by atoms with Crippen molar-refractivity contribution in [2.75, 3.05) is 11.4 Å². The van der Waals surface area contributed by atoms with Crippen LogP contribution in [0.4, 0.5) is 5.82 Å². The summed E-state index contributed by atoms with van der Waals surface area (Å²) < 4.78 is 1.89. The molecule has 2 aromatic rings. The fraction of sp³-hybridized carbons (Fsp3) is 0.467. The summed E-state index contributed by atoms with van der Waals surface area (Å²) in [6, 6.07) is 6.46. The maximum absolute atomic E-state index is 11.5. The van der Waals surface area contributed by atoms with Gasteiger partial charge in [0.25, 0.3) is 0 Å². The lowest BCUT2D eigenvalue weighted by Crippen LogP contribution is -2.29. The zero-order chi connectivity index (χ0) is 12.8. The van der Waals surface area contributed by atoms with Crippen molar-refractivity contribution in [1.29, 1.82) is 0 Å². The Morgan fingerprint density at radius 1 is 1.32 bits per heavy atom. The van der Waals surface area contributed by atoms with Gasteiger partial charge in [0.15, 0.2) is 12.1 Å². The Morgan fingerprint density at radius 3 is 2.84 bits per heavy atom. The van der Waals surface area contributed by atoms with E-state index in [-0.39, 0.29) is 0 Å². The van der Waals surface area contributed by atoms with E-state index in [9.17, 15) is 4.79 Å². The minimum Gasteiger partial charge on any atom is -0.351 e. The molecule has 4 rings (SSSR count). The lowest BCUT2D eigenvalue weighted by atomic mass is 10.3. The number of rotatable bonds is 5. The smallest absolute Gasteiger partial charge is 0.170 e. The number of carbonyl (C=O) groups is 1. The summed E-state index contributed by atoms with van der Waals surface area (Å²) in [4.78, 5) is 18.5. The van der Waals surface area contributed by atoms with Gasteiger partial charge in [-0.05, 0) is 43.7 Å². The maximum atomic E-state index is 11.5. The molecule has 2 fully saturated rings. The summed E-state index contributed by atoms with van der Waals surface area (Å²) in [6.07, 6.45) is 7.98. The van der Waals surface area contributed by atoms with Crippen molar-refractivity contribution in [3.63, 3.8) is 0 Å². The molecule has 4 nitrogen and oxygen atoms in total. The first-order chi connectivity index (χ1) is 9.36. The molecular formula is C15H17N3O. The molecular weight excluding hydrogens is 238 g/mol. The van der Waals surface area contributed by atoms with Crippen molar-refractivity contribution < 1.29 is 4.79 Å². The van der Waals surface area contributed by atoms with Crippen LogP contribution < -0.4 is 4.90 Å². The van der Waals surface area contributed by atoms with Crippen LogP contribution >= 0.6 is 0 Å². The van der Waals surface area contributed by atoms with Gasteiger partial charge in [0.05, 0.1) is 0 Å². The molecule has 0 N–H and O–H groups in total. The molecule has 2 aromatic heterocycles. The number of aldehydes is 1. The third-order valence-electron chi connectivity index (χ3n) is 4.07. The number of pyridine rings is 1. The maximum Gasteiger partial charge on any atom is 0.170 e. The van der Waals surface area contributed by atoms with E-state index in [0.717, 1.165) is 30.2 Å². The number of imidazole rings is 1. The molecule has 0 amide bonds. The Morgan fingerprint density at radius 2 is 2.16 bits per heavy atom. The molecule has 0 aromatic carbocycles. The first kappa shape index (κ1) is 11.0. The molecule has 2 aliphatic rings. The quantitative estimate of drug-likeness (QED) is 0.770. The van der Waals surface area contributed by atoms with E-state index in [2.05, 4.69) is 9.88 Å². The highest BCUT2D eigenvalue weighted by atomic mass is 16.1. The van der Waals surface area contributed by atoms with Crippen LogP contribution in [0.3, 0.4) is 0 Å². The van der Waals surface area contributed by atoms with E-state index in [1.165, 1.54) is 25.7 Å². The fourth-order valence-corrected chi connectivity index (χ4v) is 2.70. The molecule has 2 aliphatic carbocycles. The zero-order valence-electron chi connectivity index (χ0n) is 10.8. The summed E-state index contributed by atoms with van der Waals surface area (Å²) in [5.74, 6) is 1.69. The van der Waals surface area contributed by atoms with Crippen molar-refractivity contribution >= 4 is 17.8 Å². The van der Waals surface area contributed by atoms with Crippen molar-refractivity contribution in [3.05, 3.63) is 30.1 Å². The normalized spacial score (nSPS) is 18.7. The molecule has 0 unspecified atom stereocenters. The van der Waals surface area contributed by atoms with Crippen LogP contribution in [0, 0.1) is 5.92 Å². The molecule has 0 radical (unpaired) electrons. The van der Waals surface area contributed by atoms with E-state index < -0.39 is 0 Å². The number of anilines is 1. The predicted molar refractivity (Wildman–Crippen MR) is 73.7 cm³/mol. The summed E-state index contributed by atoms with van der Waals surface area (Å²) in [7, 11) is 0. The largest absolute Gasteiger partial charge is 0.351 e. The Bertz CT molecular complexity index is 625. The predicted octanol–water partition coefficient (Wildman–Crippen LogP) is 2.53. The number of hydrogen-bond donors (Lipinski definition) is 0. The summed E-state index contributed by atoms with van der Waals surface area (Å²) >= 11 is 0. The van der Waals surface area contributed by atoms with Gasteiger partial charge in [0, 0.05) is 18.8 Å². The van der Waals surface area contributed by atoms with Crippen LogP contribution in [0.1, 0.15) is 36.2 Å². The van der Waals surface area contributed by atoms with E-state index in [4.69, 9.17) is 0 Å². The second kappa shape index (κ2) is 4.08. The molecule has 19 heavy (non-hydrogen) atoms. The SMILES string of the molecule is O=Cc1c(N(CC2CC2)C2CC2)nc2ccccn12. The number of fused-ring (bicyclic) bond motifs is 1. The van der Waals surface area contributed by atoms with Gasteiger partial charge in [-0.15, -0.1) is 0 Å². The van der Waals surface area contributed by atoms with Crippen LogP contribution in [0.25, 0.3) is 5.65 Å². The van der Waals surface area contributed by atoms with Crippen LogP contribution in [0.15, 0.2) is 24.4 Å². The lowest BCUT2D eigenvalue weighted by molar-refractivity contribution is 0.111. The lowest BCUT2D eigenvalue weighted by Gasteiger charge is -2.22. The number of aromatic nitrogens is 2. The third kappa shape index (κ3) is 1.91. The molecule has 98 valence electrons. The zero-order valence-corrected chi connectivity index (χ0v) is 10.8. The highest BCUT2D eigenvalue weighted by molar-refractivity contribution is 5.83. The van der Waals surface area contributed by atoms with Gasteiger partial charge in [-0.2, -0.15) is 0 Å². The fourth-order valence-electron chi connectivity index (χ4n) is 2.70. The van der Waals surface area contributed by atoms with Gasteiger partial charge >= 0.3 is 0 Å². The van der Waals surface area contributed by atoms with E-state index >= 15 is 0 Å². The van der Waals surface area contributed by atoms with Crippen molar-refractivity contribution in [1.82, 2.24) is 9.38 Å². The van der Waals surface area contributed by atoms with Crippen molar-refractivity contribution in [2.45, 2.75) is 31.7 Å². The minimum absolute atomic E-state index is 0.601. The standard InChI is InChI=1S/C15H17N3O/c19-10-13-15(16-14-3-1-2-8-17(13)14)18(12-6-7-12)9-11-4-5-11/h1-3,8,10-12H,4-7,9H2. The van der Waals surface area contributed by atoms with E-state index in [1.807, 2.05) is 28.8 Å². The van der Waals surface area contributed by atoms with Gasteiger partial charge in [-0.3, -0.25) is 9.20 Å². The van der Waals surface area contributed by atoms with E-state index in [0.29, 0.717) is 11.7 Å². The summed E-state index contributed by atoms with van der Waals surface area (Å²) in [5.41, 5.74) is 1.56. The average molecular weight is 255 g/mol. The number of nitrogens with zero attached hydrogens (tertiary/aromatic N) is 3. The second-order valence-electron chi connectivity index (χ2n) is 5.69. The van der Waals surface area contributed by atoms with Crippen LogP contribution in [-0.2, 0) is 0 Å². The molecule has 4 heteroatoms. The summed E-state index contributed by atoms with van der Waals surface area (Å²) in [6.45, 7) is 1.06. The number of hydrogen-bond acceptors (Lipinski definition) is 3. The minimum atomic E-state index is 0.601. The molecule has 0 bridgehead atoms. The topological polar surface area (TPSA) is 37.6 Å². The molecule has 0 spiro atoms. The Labute approximate surface area is 112 Å². The van der Waals surface area contributed by atoms with Gasteiger partial charge in [-0.1, -0.05) is 6.07 Å². The van der Waals surface area contributed by atoms with Crippen molar-refractivity contribution in [2.24, 2.45) is 5.92 Å². The Hall–Kier alpha value is -1.84. The van der Waals surface area contributed by atoms with Gasteiger partial charge in [0.1, 0.15) is 11.3 Å². The van der Waals surface area contributed by atoms with E-state index in [1.54, 1.807) is 0 Å². The first-order valence-corrected chi connectivity index (χ1v) is 7.05. The Balaban J connectivity index is 1.80. The molecule has 0 atom stereocenters. The van der Waals surface area contributed by atoms with Crippen LogP contribution in [0.5, 0.6) is 0 Å². The number of carbonyl (C=O) groups excluding carboxylic acids is 1.